The van der Waals surface area contributed by atoms with Crippen LogP contribution in [0.1, 0.15) is 25.1 Å². The quantitative estimate of drug-likeness (QED) is 0.695. The fourth-order valence-corrected chi connectivity index (χ4v) is 1.88. The Labute approximate surface area is 108 Å². The van der Waals surface area contributed by atoms with E-state index in [1.54, 1.807) is 18.3 Å². The van der Waals surface area contributed by atoms with Crippen molar-refractivity contribution < 1.29 is 4.52 Å². The van der Waals surface area contributed by atoms with Crippen LogP contribution < -0.4 is 5.69 Å². The van der Waals surface area contributed by atoms with Crippen molar-refractivity contribution in [1.29, 1.82) is 0 Å². The molecule has 0 atom stereocenters. The Morgan fingerprint density at radius 2 is 2.26 bits per heavy atom. The van der Waals surface area contributed by atoms with E-state index in [0.29, 0.717) is 17.4 Å². The predicted molar refractivity (Wildman–Crippen MR) is 66.8 cm³/mol. The summed E-state index contributed by atoms with van der Waals surface area (Å²) in [5.41, 5.74) is 0.381. The summed E-state index contributed by atoms with van der Waals surface area (Å²) in [6.45, 7) is 2.24. The molecule has 3 rings (SSSR count). The van der Waals surface area contributed by atoms with E-state index < -0.39 is 0 Å². The maximum Gasteiger partial charge on any atom is 0.350 e. The van der Waals surface area contributed by atoms with E-state index in [2.05, 4.69) is 15.2 Å². The van der Waals surface area contributed by atoms with Gasteiger partial charge in [-0.1, -0.05) is 18.1 Å². The summed E-state index contributed by atoms with van der Waals surface area (Å²) in [6, 6.07) is 5.39. The Bertz CT molecular complexity index is 755. The molecule has 0 bridgehead atoms. The van der Waals surface area contributed by atoms with Gasteiger partial charge in [0.15, 0.2) is 11.5 Å². The van der Waals surface area contributed by atoms with Gasteiger partial charge >= 0.3 is 5.69 Å². The highest BCUT2D eigenvalue weighted by atomic mass is 16.5. The van der Waals surface area contributed by atoms with E-state index in [4.69, 9.17) is 4.52 Å². The highest BCUT2D eigenvalue weighted by Gasteiger charge is 2.11. The monoisotopic (exact) mass is 259 g/mol. The summed E-state index contributed by atoms with van der Waals surface area (Å²) in [7, 11) is 0. The van der Waals surface area contributed by atoms with Gasteiger partial charge in [-0.25, -0.2) is 9.48 Å². The van der Waals surface area contributed by atoms with Crippen molar-refractivity contribution in [2.45, 2.75) is 26.3 Å². The molecule has 0 aliphatic heterocycles. The van der Waals surface area contributed by atoms with Gasteiger partial charge in [-0.3, -0.25) is 4.40 Å². The standard InChI is InChI=1S/C12H13N5O2/c1-2-5-9-13-11(19-15-9)8-17-12(18)16-7-4-3-6-10(16)14-17/h3-4,6-7H,2,5,8H2,1H3. The first-order valence-corrected chi connectivity index (χ1v) is 6.13. The Hall–Kier alpha value is -2.44. The molecule has 3 heterocycles. The number of hydrogen-bond acceptors (Lipinski definition) is 5. The molecule has 0 aliphatic carbocycles. The molecule has 0 aromatic carbocycles. The largest absolute Gasteiger partial charge is 0.350 e. The van der Waals surface area contributed by atoms with Crippen LogP contribution in [0, 0.1) is 0 Å². The van der Waals surface area contributed by atoms with E-state index in [1.165, 1.54) is 9.08 Å². The van der Waals surface area contributed by atoms with Gasteiger partial charge in [0.05, 0.1) is 0 Å². The summed E-state index contributed by atoms with van der Waals surface area (Å²) in [6.07, 6.45) is 3.40. The molecule has 98 valence electrons. The van der Waals surface area contributed by atoms with Crippen molar-refractivity contribution in [3.63, 3.8) is 0 Å². The molecule has 0 spiro atoms. The van der Waals surface area contributed by atoms with Gasteiger partial charge in [-0.05, 0) is 18.6 Å². The predicted octanol–water partition coefficient (Wildman–Crippen LogP) is 0.880. The molecule has 0 aliphatic rings. The average molecular weight is 259 g/mol. The zero-order chi connectivity index (χ0) is 13.2. The first kappa shape index (κ1) is 11.6. The summed E-state index contributed by atoms with van der Waals surface area (Å²) >= 11 is 0. The SMILES string of the molecule is CCCc1noc(Cn2nc3ccccn3c2=O)n1. The number of fused-ring (bicyclic) bond motifs is 1. The number of aryl methyl sites for hydroxylation is 1. The molecule has 0 N–H and O–H groups in total. The Balaban J connectivity index is 1.92. The fourth-order valence-electron chi connectivity index (χ4n) is 1.88. The highest BCUT2D eigenvalue weighted by molar-refractivity contribution is 5.35. The minimum absolute atomic E-state index is 0.192. The van der Waals surface area contributed by atoms with Crippen LogP contribution in [0.2, 0.25) is 0 Å². The van der Waals surface area contributed by atoms with Crippen LogP contribution in [0.5, 0.6) is 0 Å². The van der Waals surface area contributed by atoms with Crippen LogP contribution in [0.4, 0.5) is 0 Å². The van der Waals surface area contributed by atoms with Gasteiger partial charge < -0.3 is 4.52 Å². The molecule has 3 aromatic rings. The molecule has 3 aromatic heterocycles. The normalized spacial score (nSPS) is 11.2. The van der Waals surface area contributed by atoms with Crippen molar-refractivity contribution in [3.05, 3.63) is 46.6 Å². The molecular weight excluding hydrogens is 246 g/mol. The summed E-state index contributed by atoms with van der Waals surface area (Å²) in [4.78, 5) is 16.3. The Morgan fingerprint density at radius 3 is 3.05 bits per heavy atom. The van der Waals surface area contributed by atoms with E-state index in [9.17, 15) is 4.79 Å². The van der Waals surface area contributed by atoms with Crippen molar-refractivity contribution in [3.8, 4) is 0 Å². The number of aromatic nitrogens is 5. The second-order valence-corrected chi connectivity index (χ2v) is 4.22. The van der Waals surface area contributed by atoms with Crippen LogP contribution in [0.15, 0.2) is 33.7 Å². The van der Waals surface area contributed by atoms with Crippen LogP contribution >= 0.6 is 0 Å². The molecule has 0 amide bonds. The highest BCUT2D eigenvalue weighted by Crippen LogP contribution is 2.02. The van der Waals surface area contributed by atoms with E-state index in [-0.39, 0.29) is 12.2 Å². The topological polar surface area (TPSA) is 78.2 Å². The second kappa shape index (κ2) is 4.68. The first-order chi connectivity index (χ1) is 9.28. The van der Waals surface area contributed by atoms with E-state index >= 15 is 0 Å². The van der Waals surface area contributed by atoms with Gasteiger partial charge in [0.25, 0.3) is 0 Å². The number of rotatable bonds is 4. The minimum Gasteiger partial charge on any atom is -0.337 e. The fraction of sp³-hybridized carbons (Fsp3) is 0.333. The number of pyridine rings is 1. The lowest BCUT2D eigenvalue weighted by atomic mass is 10.3. The average Bonchev–Trinajstić information content (AvgIpc) is 2.97. The lowest BCUT2D eigenvalue weighted by molar-refractivity contribution is 0.359. The first-order valence-electron chi connectivity index (χ1n) is 6.13. The lowest BCUT2D eigenvalue weighted by Crippen LogP contribution is -2.21. The second-order valence-electron chi connectivity index (χ2n) is 4.22. The number of nitrogens with zero attached hydrogens (tertiary/aromatic N) is 5. The van der Waals surface area contributed by atoms with Gasteiger partial charge in [-0.15, -0.1) is 5.10 Å². The smallest absolute Gasteiger partial charge is 0.337 e. The summed E-state index contributed by atoms with van der Waals surface area (Å²) in [5.74, 6) is 1.06. The van der Waals surface area contributed by atoms with E-state index in [1.807, 2.05) is 13.0 Å². The van der Waals surface area contributed by atoms with Gasteiger partial charge in [-0.2, -0.15) is 4.98 Å². The van der Waals surface area contributed by atoms with Crippen LogP contribution in [-0.2, 0) is 13.0 Å². The Morgan fingerprint density at radius 1 is 1.37 bits per heavy atom. The summed E-state index contributed by atoms with van der Waals surface area (Å²) < 4.78 is 7.90. The molecule has 0 fully saturated rings. The van der Waals surface area contributed by atoms with Gasteiger partial charge in [0.2, 0.25) is 5.89 Å². The zero-order valence-electron chi connectivity index (χ0n) is 10.5. The maximum atomic E-state index is 12.0. The molecule has 0 saturated heterocycles. The molecule has 0 radical (unpaired) electrons. The Kier molecular flexibility index (Phi) is 2.86. The molecule has 0 saturated carbocycles. The molecule has 19 heavy (non-hydrogen) atoms. The molecular formula is C12H13N5O2. The lowest BCUT2D eigenvalue weighted by Gasteiger charge is -1.91. The minimum atomic E-state index is -0.217. The van der Waals surface area contributed by atoms with Gasteiger partial charge in [0.1, 0.15) is 6.54 Å². The molecule has 7 heteroatoms. The third-order valence-corrected chi connectivity index (χ3v) is 2.76. The van der Waals surface area contributed by atoms with Crippen molar-refractivity contribution in [2.75, 3.05) is 0 Å². The van der Waals surface area contributed by atoms with Gasteiger partial charge in [0, 0.05) is 12.6 Å². The molecule has 0 unspecified atom stereocenters. The third-order valence-electron chi connectivity index (χ3n) is 2.76. The van der Waals surface area contributed by atoms with Crippen molar-refractivity contribution in [2.24, 2.45) is 0 Å². The zero-order valence-corrected chi connectivity index (χ0v) is 10.5. The van der Waals surface area contributed by atoms with Crippen LogP contribution in [0.3, 0.4) is 0 Å². The van der Waals surface area contributed by atoms with Crippen molar-refractivity contribution >= 4 is 5.65 Å². The van der Waals surface area contributed by atoms with Crippen molar-refractivity contribution in [1.82, 2.24) is 24.3 Å². The van der Waals surface area contributed by atoms with Crippen LogP contribution in [-0.4, -0.2) is 24.3 Å². The van der Waals surface area contributed by atoms with Crippen LogP contribution in [0.25, 0.3) is 5.65 Å². The molecule has 7 nitrogen and oxygen atoms in total. The maximum absolute atomic E-state index is 12.0. The summed E-state index contributed by atoms with van der Waals surface area (Å²) in [5, 5.41) is 8.05. The van der Waals surface area contributed by atoms with E-state index in [0.717, 1.165) is 12.8 Å². The third kappa shape index (κ3) is 2.14. The number of hydrogen-bond donors (Lipinski definition) is 0.